The lowest BCUT2D eigenvalue weighted by Gasteiger charge is -2.14. The highest BCUT2D eigenvalue weighted by molar-refractivity contribution is 5.85. The van der Waals surface area contributed by atoms with E-state index in [0.717, 1.165) is 12.3 Å². The number of hydrogen-bond acceptors (Lipinski definition) is 1. The number of rotatable bonds is 4. The molecule has 2 rings (SSSR count). The predicted molar refractivity (Wildman–Crippen MR) is 82.2 cm³/mol. The fraction of sp³-hybridized carbons (Fsp3) is 0.375. The van der Waals surface area contributed by atoms with E-state index in [-0.39, 0.29) is 18.4 Å². The third-order valence-electron chi connectivity index (χ3n) is 3.26. The molecule has 0 spiro atoms. The Morgan fingerprint density at radius 3 is 2.28 bits per heavy atom. The van der Waals surface area contributed by atoms with Gasteiger partial charge in [-0.3, -0.25) is 0 Å². The number of halogens is 1. The van der Waals surface area contributed by atoms with Crippen molar-refractivity contribution in [3.8, 4) is 0 Å². The van der Waals surface area contributed by atoms with Gasteiger partial charge in [-0.25, -0.2) is 0 Å². The summed E-state index contributed by atoms with van der Waals surface area (Å²) in [6.45, 7) is 4.49. The molecule has 0 aromatic heterocycles. The first-order chi connectivity index (χ1) is 8.16. The summed E-state index contributed by atoms with van der Waals surface area (Å²) in [5, 5.41) is 2.57. The highest BCUT2D eigenvalue weighted by Crippen LogP contribution is 2.22. The number of nitrogens with two attached hydrogens (primary N) is 1. The number of benzene rings is 2. The van der Waals surface area contributed by atoms with Crippen LogP contribution < -0.4 is 5.73 Å². The normalized spacial score (nSPS) is 12.4. The molecule has 0 saturated carbocycles. The van der Waals surface area contributed by atoms with Gasteiger partial charge in [-0.15, -0.1) is 12.4 Å². The van der Waals surface area contributed by atoms with Crippen LogP contribution in [0.5, 0.6) is 0 Å². The van der Waals surface area contributed by atoms with Crippen LogP contribution in [0.2, 0.25) is 0 Å². The molecule has 0 aliphatic rings. The zero-order chi connectivity index (χ0) is 12.3. The Morgan fingerprint density at radius 2 is 1.61 bits per heavy atom. The van der Waals surface area contributed by atoms with E-state index in [1.54, 1.807) is 0 Å². The first kappa shape index (κ1) is 15.0. The fourth-order valence-electron chi connectivity index (χ4n) is 2.12. The molecule has 1 nitrogen and oxygen atoms in total. The van der Waals surface area contributed by atoms with E-state index in [2.05, 4.69) is 56.3 Å². The number of hydrogen-bond donors (Lipinski definition) is 1. The van der Waals surface area contributed by atoms with Crippen molar-refractivity contribution >= 4 is 23.2 Å². The molecule has 0 aliphatic carbocycles. The van der Waals surface area contributed by atoms with Gasteiger partial charge in [0.15, 0.2) is 0 Å². The largest absolute Gasteiger partial charge is 0.324 e. The maximum atomic E-state index is 6.23. The number of fused-ring (bicyclic) bond motifs is 1. The van der Waals surface area contributed by atoms with Crippen molar-refractivity contribution in [2.75, 3.05) is 0 Å². The average Bonchev–Trinajstić information content (AvgIpc) is 2.35. The van der Waals surface area contributed by atoms with E-state index in [1.807, 2.05) is 0 Å². The SMILES string of the molecule is CC(C)CC[C@H](N)c1ccc2ccccc2c1.Cl. The molecule has 0 fully saturated rings. The second-order valence-corrected chi connectivity index (χ2v) is 5.18. The van der Waals surface area contributed by atoms with Gasteiger partial charge in [-0.2, -0.15) is 0 Å². The Morgan fingerprint density at radius 1 is 0.944 bits per heavy atom. The van der Waals surface area contributed by atoms with Gasteiger partial charge < -0.3 is 5.73 Å². The summed E-state index contributed by atoms with van der Waals surface area (Å²) in [5.41, 5.74) is 7.49. The van der Waals surface area contributed by atoms with Crippen LogP contribution in [0.25, 0.3) is 10.8 Å². The monoisotopic (exact) mass is 263 g/mol. The smallest absolute Gasteiger partial charge is 0.0295 e. The average molecular weight is 264 g/mol. The molecule has 1 atom stereocenters. The molecule has 2 N–H and O–H groups in total. The minimum atomic E-state index is 0. The van der Waals surface area contributed by atoms with E-state index < -0.39 is 0 Å². The van der Waals surface area contributed by atoms with E-state index >= 15 is 0 Å². The molecular formula is C16H22ClN. The summed E-state index contributed by atoms with van der Waals surface area (Å²) in [5.74, 6) is 0.724. The zero-order valence-electron chi connectivity index (χ0n) is 11.1. The maximum Gasteiger partial charge on any atom is 0.0295 e. The summed E-state index contributed by atoms with van der Waals surface area (Å²) >= 11 is 0. The lowest BCUT2D eigenvalue weighted by Crippen LogP contribution is -2.11. The van der Waals surface area contributed by atoms with Crippen molar-refractivity contribution in [2.24, 2.45) is 11.7 Å². The molecule has 2 aromatic rings. The summed E-state index contributed by atoms with van der Waals surface area (Å²) in [7, 11) is 0. The van der Waals surface area contributed by atoms with Crippen LogP contribution in [-0.4, -0.2) is 0 Å². The van der Waals surface area contributed by atoms with Crippen LogP contribution >= 0.6 is 12.4 Å². The Balaban J connectivity index is 0.00000162. The van der Waals surface area contributed by atoms with Crippen LogP contribution in [0.15, 0.2) is 42.5 Å². The van der Waals surface area contributed by atoms with Crippen molar-refractivity contribution in [3.63, 3.8) is 0 Å². The highest BCUT2D eigenvalue weighted by atomic mass is 35.5. The zero-order valence-corrected chi connectivity index (χ0v) is 11.9. The third-order valence-corrected chi connectivity index (χ3v) is 3.26. The molecule has 0 heterocycles. The van der Waals surface area contributed by atoms with Crippen LogP contribution in [0.1, 0.15) is 38.3 Å². The minimum absolute atomic E-state index is 0. The second-order valence-electron chi connectivity index (χ2n) is 5.18. The third kappa shape index (κ3) is 3.72. The molecule has 0 bridgehead atoms. The summed E-state index contributed by atoms with van der Waals surface area (Å²) in [6, 6.07) is 15.1. The molecular weight excluding hydrogens is 242 g/mol. The summed E-state index contributed by atoms with van der Waals surface area (Å²) in [4.78, 5) is 0. The molecule has 0 aliphatic heterocycles. The standard InChI is InChI=1S/C16H21N.ClH/c1-12(2)7-10-16(17)15-9-8-13-5-3-4-6-14(13)11-15;/h3-6,8-9,11-12,16H,7,10,17H2,1-2H3;1H/t16-;/m0./s1. The quantitative estimate of drug-likeness (QED) is 0.850. The van der Waals surface area contributed by atoms with E-state index in [1.165, 1.54) is 22.8 Å². The van der Waals surface area contributed by atoms with Crippen molar-refractivity contribution in [1.82, 2.24) is 0 Å². The first-order valence-electron chi connectivity index (χ1n) is 6.41. The van der Waals surface area contributed by atoms with Crippen LogP contribution in [0, 0.1) is 5.92 Å². The van der Waals surface area contributed by atoms with E-state index in [0.29, 0.717) is 0 Å². The molecule has 98 valence electrons. The van der Waals surface area contributed by atoms with Gasteiger partial charge in [0.2, 0.25) is 0 Å². The summed E-state index contributed by atoms with van der Waals surface area (Å²) < 4.78 is 0. The Bertz CT molecular complexity index is 493. The lowest BCUT2D eigenvalue weighted by atomic mass is 9.96. The van der Waals surface area contributed by atoms with Crippen LogP contribution in [0.3, 0.4) is 0 Å². The Hall–Kier alpha value is -1.05. The van der Waals surface area contributed by atoms with Gasteiger partial charge in [0.05, 0.1) is 0 Å². The molecule has 0 saturated heterocycles. The molecule has 0 radical (unpaired) electrons. The van der Waals surface area contributed by atoms with Crippen LogP contribution in [-0.2, 0) is 0 Å². The molecule has 0 amide bonds. The summed E-state index contributed by atoms with van der Waals surface area (Å²) in [6.07, 6.45) is 2.25. The molecule has 2 aromatic carbocycles. The molecule has 0 unspecified atom stereocenters. The minimum Gasteiger partial charge on any atom is -0.324 e. The van der Waals surface area contributed by atoms with E-state index in [9.17, 15) is 0 Å². The predicted octanol–water partition coefficient (Wildman–Crippen LogP) is 4.70. The van der Waals surface area contributed by atoms with Gasteiger partial charge in [-0.1, -0.05) is 50.2 Å². The maximum absolute atomic E-state index is 6.23. The molecule has 2 heteroatoms. The highest BCUT2D eigenvalue weighted by Gasteiger charge is 2.07. The van der Waals surface area contributed by atoms with Gasteiger partial charge in [-0.05, 0) is 41.2 Å². The van der Waals surface area contributed by atoms with Gasteiger partial charge >= 0.3 is 0 Å². The van der Waals surface area contributed by atoms with E-state index in [4.69, 9.17) is 5.73 Å². The Kier molecular flexibility index (Phi) is 5.64. The fourth-order valence-corrected chi connectivity index (χ4v) is 2.12. The topological polar surface area (TPSA) is 26.0 Å². The van der Waals surface area contributed by atoms with Gasteiger partial charge in [0.25, 0.3) is 0 Å². The van der Waals surface area contributed by atoms with Crippen LogP contribution in [0.4, 0.5) is 0 Å². The van der Waals surface area contributed by atoms with Crippen molar-refractivity contribution < 1.29 is 0 Å². The second kappa shape index (κ2) is 6.77. The van der Waals surface area contributed by atoms with Gasteiger partial charge in [0.1, 0.15) is 0 Å². The first-order valence-corrected chi connectivity index (χ1v) is 6.41. The Labute approximate surface area is 116 Å². The van der Waals surface area contributed by atoms with Crippen molar-refractivity contribution in [2.45, 2.75) is 32.7 Å². The van der Waals surface area contributed by atoms with Gasteiger partial charge in [0, 0.05) is 6.04 Å². The van der Waals surface area contributed by atoms with Crippen molar-refractivity contribution in [1.29, 1.82) is 0 Å². The van der Waals surface area contributed by atoms with Crippen molar-refractivity contribution in [3.05, 3.63) is 48.0 Å². The molecule has 18 heavy (non-hydrogen) atoms. The lowest BCUT2D eigenvalue weighted by molar-refractivity contribution is 0.507.